The first-order chi connectivity index (χ1) is 13.9. The zero-order chi connectivity index (χ0) is 21.2. The van der Waals surface area contributed by atoms with E-state index in [-0.39, 0.29) is 16.2 Å². The van der Waals surface area contributed by atoms with Crippen molar-refractivity contribution in [1.29, 1.82) is 0 Å². The van der Waals surface area contributed by atoms with Crippen molar-refractivity contribution in [3.8, 4) is 11.5 Å². The minimum atomic E-state index is -3.55. The number of carbonyl (C=O) groups excluding carboxylic acids is 1. The summed E-state index contributed by atoms with van der Waals surface area (Å²) in [6, 6.07) is 9.75. The minimum absolute atomic E-state index is 0.00410. The van der Waals surface area contributed by atoms with Gasteiger partial charge in [0, 0.05) is 6.54 Å². The van der Waals surface area contributed by atoms with Gasteiger partial charge in [0.1, 0.15) is 21.7 Å². The summed E-state index contributed by atoms with van der Waals surface area (Å²) < 4.78 is 38.3. The summed E-state index contributed by atoms with van der Waals surface area (Å²) in [6.07, 6.45) is 0. The standard InChI is InChI=1S/C20H22N2O5S2/c1-5-22-17-14(26-3)11-12-15(27-4)18(17)28-20(22)21-19(23)13-9-7-8-10-16(13)29(24,25)6-2/h7-12H,5-6H2,1-4H3. The SMILES string of the molecule is CCn1c(=NC(=O)c2ccccc2S(=O)(=O)CC)sc2c(OC)ccc(OC)c21. The molecule has 0 radical (unpaired) electrons. The summed E-state index contributed by atoms with van der Waals surface area (Å²) in [4.78, 5) is 17.7. The van der Waals surface area contributed by atoms with Crippen LogP contribution in [0, 0.1) is 0 Å². The number of thiazole rings is 1. The van der Waals surface area contributed by atoms with E-state index in [1.165, 1.54) is 23.5 Å². The summed E-state index contributed by atoms with van der Waals surface area (Å²) in [5.74, 6) is 0.589. The molecular formula is C20H22N2O5S2. The zero-order valence-corrected chi connectivity index (χ0v) is 18.3. The van der Waals surface area contributed by atoms with Crippen molar-refractivity contribution in [3.05, 3.63) is 46.8 Å². The molecule has 0 saturated heterocycles. The van der Waals surface area contributed by atoms with Crippen LogP contribution in [0.15, 0.2) is 46.3 Å². The molecule has 0 aliphatic heterocycles. The van der Waals surface area contributed by atoms with Gasteiger partial charge in [-0.05, 0) is 31.2 Å². The molecule has 0 unspecified atom stereocenters. The minimum Gasteiger partial charge on any atom is -0.495 e. The Bertz CT molecular complexity index is 1240. The molecule has 0 saturated carbocycles. The van der Waals surface area contributed by atoms with Crippen LogP contribution in [0.5, 0.6) is 11.5 Å². The molecule has 0 aliphatic rings. The Morgan fingerprint density at radius 3 is 2.34 bits per heavy atom. The lowest BCUT2D eigenvalue weighted by atomic mass is 10.2. The fraction of sp³-hybridized carbons (Fsp3) is 0.300. The number of rotatable bonds is 6. The maximum absolute atomic E-state index is 13.0. The highest BCUT2D eigenvalue weighted by atomic mass is 32.2. The predicted molar refractivity (Wildman–Crippen MR) is 113 cm³/mol. The highest BCUT2D eigenvalue weighted by Gasteiger charge is 2.21. The normalized spacial score (nSPS) is 12.3. The van der Waals surface area contributed by atoms with Crippen LogP contribution < -0.4 is 14.3 Å². The zero-order valence-electron chi connectivity index (χ0n) is 16.6. The van der Waals surface area contributed by atoms with Crippen molar-refractivity contribution < 1.29 is 22.7 Å². The Morgan fingerprint density at radius 1 is 1.07 bits per heavy atom. The molecule has 2 aromatic carbocycles. The van der Waals surface area contributed by atoms with E-state index in [4.69, 9.17) is 9.47 Å². The van der Waals surface area contributed by atoms with E-state index in [1.54, 1.807) is 45.4 Å². The molecule has 1 amide bonds. The number of nitrogens with zero attached hydrogens (tertiary/aromatic N) is 2. The number of hydrogen-bond donors (Lipinski definition) is 0. The molecule has 3 rings (SSSR count). The molecule has 7 nitrogen and oxygen atoms in total. The number of hydrogen-bond acceptors (Lipinski definition) is 6. The van der Waals surface area contributed by atoms with Gasteiger partial charge in [-0.25, -0.2) is 8.42 Å². The maximum atomic E-state index is 13.0. The molecule has 9 heteroatoms. The monoisotopic (exact) mass is 434 g/mol. The number of benzene rings is 2. The second-order valence-electron chi connectivity index (χ2n) is 6.09. The summed E-state index contributed by atoms with van der Waals surface area (Å²) in [5, 5.41) is 0. The largest absolute Gasteiger partial charge is 0.495 e. The number of amides is 1. The second kappa shape index (κ2) is 8.38. The Kier molecular flexibility index (Phi) is 6.09. The van der Waals surface area contributed by atoms with Gasteiger partial charge in [0.05, 0.1) is 30.4 Å². The number of methoxy groups -OCH3 is 2. The summed E-state index contributed by atoms with van der Waals surface area (Å²) in [6.45, 7) is 4.03. The first kappa shape index (κ1) is 21.1. The fourth-order valence-corrected chi connectivity index (χ4v) is 5.34. The molecule has 0 spiro atoms. The van der Waals surface area contributed by atoms with Crippen molar-refractivity contribution in [2.45, 2.75) is 25.3 Å². The first-order valence-electron chi connectivity index (χ1n) is 9.03. The van der Waals surface area contributed by atoms with Gasteiger partial charge in [0.15, 0.2) is 14.6 Å². The Labute approximate surface area is 173 Å². The van der Waals surface area contributed by atoms with E-state index in [2.05, 4.69) is 4.99 Å². The van der Waals surface area contributed by atoms with Crippen LogP contribution in [-0.2, 0) is 16.4 Å². The lowest BCUT2D eigenvalue weighted by Crippen LogP contribution is -2.17. The third kappa shape index (κ3) is 3.79. The average molecular weight is 435 g/mol. The lowest BCUT2D eigenvalue weighted by molar-refractivity contribution is 0.0994. The van der Waals surface area contributed by atoms with Crippen molar-refractivity contribution >= 4 is 37.3 Å². The van der Waals surface area contributed by atoms with Crippen molar-refractivity contribution in [3.63, 3.8) is 0 Å². The molecule has 0 fully saturated rings. The molecule has 3 aromatic rings. The third-order valence-electron chi connectivity index (χ3n) is 4.54. The van der Waals surface area contributed by atoms with Crippen molar-refractivity contribution in [1.82, 2.24) is 4.57 Å². The molecule has 1 heterocycles. The number of carbonyl (C=O) groups is 1. The van der Waals surface area contributed by atoms with Crippen LogP contribution in [-0.4, -0.2) is 38.9 Å². The van der Waals surface area contributed by atoms with Gasteiger partial charge in [0.2, 0.25) is 0 Å². The molecular weight excluding hydrogens is 412 g/mol. The van der Waals surface area contributed by atoms with E-state index in [9.17, 15) is 13.2 Å². The summed E-state index contributed by atoms with van der Waals surface area (Å²) in [7, 11) is -0.401. The van der Waals surface area contributed by atoms with Gasteiger partial charge in [-0.2, -0.15) is 4.99 Å². The quantitative estimate of drug-likeness (QED) is 0.594. The van der Waals surface area contributed by atoms with Gasteiger partial charge >= 0.3 is 0 Å². The number of aromatic nitrogens is 1. The van der Waals surface area contributed by atoms with Gasteiger partial charge in [-0.15, -0.1) is 0 Å². The summed E-state index contributed by atoms with van der Waals surface area (Å²) in [5.41, 5.74) is 0.841. The van der Waals surface area contributed by atoms with E-state index >= 15 is 0 Å². The van der Waals surface area contributed by atoms with Crippen molar-refractivity contribution in [2.24, 2.45) is 4.99 Å². The van der Waals surface area contributed by atoms with E-state index < -0.39 is 15.7 Å². The smallest absolute Gasteiger partial charge is 0.280 e. The Balaban J connectivity index is 2.26. The molecule has 0 bridgehead atoms. The molecule has 154 valence electrons. The van der Waals surface area contributed by atoms with Gasteiger partial charge in [-0.3, -0.25) is 4.79 Å². The number of sulfone groups is 1. The van der Waals surface area contributed by atoms with Crippen LogP contribution in [0.2, 0.25) is 0 Å². The number of ether oxygens (including phenoxy) is 2. The predicted octanol–water partition coefficient (Wildman–Crippen LogP) is 3.27. The van der Waals surface area contributed by atoms with Crippen molar-refractivity contribution in [2.75, 3.05) is 20.0 Å². The van der Waals surface area contributed by atoms with Gasteiger partial charge in [0.25, 0.3) is 5.91 Å². The van der Waals surface area contributed by atoms with Crippen LogP contribution in [0.3, 0.4) is 0 Å². The highest BCUT2D eigenvalue weighted by molar-refractivity contribution is 7.91. The Hall–Kier alpha value is -2.65. The van der Waals surface area contributed by atoms with Crippen LogP contribution in [0.1, 0.15) is 24.2 Å². The second-order valence-corrected chi connectivity index (χ2v) is 9.32. The Morgan fingerprint density at radius 2 is 1.72 bits per heavy atom. The van der Waals surface area contributed by atoms with E-state index in [1.807, 2.05) is 11.5 Å². The number of fused-ring (bicyclic) bond motifs is 1. The molecule has 0 atom stereocenters. The first-order valence-corrected chi connectivity index (χ1v) is 11.5. The fourth-order valence-electron chi connectivity index (χ4n) is 3.05. The molecule has 0 aliphatic carbocycles. The maximum Gasteiger partial charge on any atom is 0.280 e. The van der Waals surface area contributed by atoms with Crippen LogP contribution in [0.4, 0.5) is 0 Å². The van der Waals surface area contributed by atoms with E-state index in [0.29, 0.717) is 22.8 Å². The molecule has 29 heavy (non-hydrogen) atoms. The molecule has 1 aromatic heterocycles. The van der Waals surface area contributed by atoms with Gasteiger partial charge < -0.3 is 14.0 Å². The number of aryl methyl sites for hydroxylation is 1. The summed E-state index contributed by atoms with van der Waals surface area (Å²) >= 11 is 1.29. The molecule has 0 N–H and O–H groups in total. The topological polar surface area (TPSA) is 87.0 Å². The van der Waals surface area contributed by atoms with Crippen LogP contribution in [0.25, 0.3) is 10.2 Å². The third-order valence-corrected chi connectivity index (χ3v) is 7.42. The average Bonchev–Trinajstić information content (AvgIpc) is 3.10. The lowest BCUT2D eigenvalue weighted by Gasteiger charge is -2.08. The van der Waals surface area contributed by atoms with Crippen LogP contribution >= 0.6 is 11.3 Å². The van der Waals surface area contributed by atoms with Gasteiger partial charge in [-0.1, -0.05) is 30.4 Å². The van der Waals surface area contributed by atoms with E-state index in [0.717, 1.165) is 10.2 Å². The highest BCUT2D eigenvalue weighted by Crippen LogP contribution is 2.35.